The van der Waals surface area contributed by atoms with Gasteiger partial charge in [0.2, 0.25) is 0 Å². The number of aliphatic hydroxyl groups is 3. The number of phosphoric acid groups is 3. The maximum Gasteiger partial charge on any atom is 0.481 e. The number of imidazole rings is 2. The minimum Gasteiger partial charge on any atom is -0.387 e. The lowest BCUT2D eigenvalue weighted by atomic mass is 10.1. The van der Waals surface area contributed by atoms with E-state index in [-0.39, 0.29) is 16.7 Å². The fourth-order valence-corrected chi connectivity index (χ4v) is 7.94. The van der Waals surface area contributed by atoms with Gasteiger partial charge in [0.05, 0.1) is 19.5 Å². The second kappa shape index (κ2) is 13.8. The molecule has 0 bridgehead atoms. The molecule has 50 heavy (non-hydrogen) atoms. The van der Waals surface area contributed by atoms with Crippen LogP contribution in [0.4, 0.5) is 0 Å². The molecule has 4 aromatic rings. The van der Waals surface area contributed by atoms with Gasteiger partial charge in [-0.15, -0.1) is 0 Å². The number of pyridine rings is 1. The van der Waals surface area contributed by atoms with Crippen LogP contribution in [0.1, 0.15) is 22.8 Å². The Hall–Kier alpha value is -3.12. The molecular formula is C23H29N7O17P3+. The fourth-order valence-electron chi connectivity index (χ4n) is 5.31. The highest BCUT2D eigenvalue weighted by molar-refractivity contribution is 7.61. The first-order valence-electron chi connectivity index (χ1n) is 14.1. The number of phosphoric ester groups is 3. The lowest BCUT2D eigenvalue weighted by Crippen LogP contribution is -2.46. The number of amides is 1. The minimum absolute atomic E-state index is 0.0451. The number of aromatic nitrogens is 6. The second-order valence-electron chi connectivity index (χ2n) is 10.9. The Balaban J connectivity index is 1.09. The SMILES string of the molecule is NC(=O)c1ccc[n+](C2O[C@H](COP(=O)(O)OP(=O)(O)OC[C@H]3O[C@@H](n4cnc5c4ncn4ccnc54)[C@H](OP(=O)(O)O)[C@@H]3O)[C@@H](O)[C@H]2O)c1. The summed E-state index contributed by atoms with van der Waals surface area (Å²) < 4.78 is 70.5. The molecule has 1 amide bonds. The topological polar surface area (TPSA) is 343 Å². The first-order chi connectivity index (χ1) is 23.4. The standard InChI is InChI=1S/C23H28N7O17P3/c24-19(34)11-2-1-4-28(6-11)22-17(33)15(31)12(44-22)7-42-49(38,39)47-50(40,41)43-8-13-16(32)18(46-48(35,36)37)23(45-13)30-10-26-14-20-25-3-5-29(20)9-27-21(14)30/h1-6,9-10,12-13,15-18,22-23,31-33H,7-8H2,(H5-,24,34,35,36,37,38,39,40,41)/p+1/t12-,13-,15-,16-,17-,18-,22?,23-/m1/s1. The van der Waals surface area contributed by atoms with Crippen LogP contribution in [0.3, 0.4) is 0 Å². The molecule has 0 aliphatic carbocycles. The lowest BCUT2D eigenvalue weighted by molar-refractivity contribution is -0.765. The molecule has 2 aliphatic heterocycles. The van der Waals surface area contributed by atoms with E-state index < -0.39 is 91.7 Å². The number of carbonyl (C=O) groups excluding carboxylic acids is 1. The van der Waals surface area contributed by atoms with Gasteiger partial charge in [-0.05, 0) is 6.07 Å². The van der Waals surface area contributed by atoms with Crippen molar-refractivity contribution in [3.63, 3.8) is 0 Å². The molecule has 2 aliphatic rings. The van der Waals surface area contributed by atoms with E-state index in [1.807, 2.05) is 0 Å². The van der Waals surface area contributed by atoms with Crippen molar-refractivity contribution in [1.82, 2.24) is 23.9 Å². The Morgan fingerprint density at radius 1 is 0.920 bits per heavy atom. The summed E-state index contributed by atoms with van der Waals surface area (Å²) in [5.41, 5.74) is 6.01. The molecule has 272 valence electrons. The maximum absolute atomic E-state index is 12.6. The van der Waals surface area contributed by atoms with Gasteiger partial charge in [0.25, 0.3) is 12.1 Å². The monoisotopic (exact) mass is 768 g/mol. The third-order valence-corrected chi connectivity index (χ3v) is 10.7. The number of ether oxygens (including phenoxy) is 2. The zero-order chi connectivity index (χ0) is 36.2. The third-order valence-electron chi connectivity index (χ3n) is 7.55. The van der Waals surface area contributed by atoms with Crippen molar-refractivity contribution in [3.8, 4) is 0 Å². The van der Waals surface area contributed by atoms with Crippen LogP contribution in [0, 0.1) is 0 Å². The Morgan fingerprint density at radius 3 is 2.26 bits per heavy atom. The highest BCUT2D eigenvalue weighted by atomic mass is 31.3. The summed E-state index contributed by atoms with van der Waals surface area (Å²) in [5.74, 6) is -0.787. The van der Waals surface area contributed by atoms with Crippen molar-refractivity contribution in [1.29, 1.82) is 0 Å². The number of hydrogen-bond donors (Lipinski definition) is 8. The zero-order valence-corrected chi connectivity index (χ0v) is 27.7. The molecule has 0 radical (unpaired) electrons. The van der Waals surface area contributed by atoms with Crippen molar-refractivity contribution >= 4 is 46.2 Å². The van der Waals surface area contributed by atoms with Crippen LogP contribution in [-0.2, 0) is 41.1 Å². The summed E-state index contributed by atoms with van der Waals surface area (Å²) in [6, 6.07) is 2.80. The molecule has 6 heterocycles. The summed E-state index contributed by atoms with van der Waals surface area (Å²) in [6.45, 7) is -2.01. The molecule has 24 nitrogen and oxygen atoms in total. The Morgan fingerprint density at radius 2 is 1.60 bits per heavy atom. The van der Waals surface area contributed by atoms with Gasteiger partial charge in [0.1, 0.15) is 42.4 Å². The number of hydrogen-bond acceptors (Lipinski definition) is 16. The maximum atomic E-state index is 12.6. The van der Waals surface area contributed by atoms with Gasteiger partial charge in [0.15, 0.2) is 41.5 Å². The van der Waals surface area contributed by atoms with E-state index in [0.717, 1.165) is 0 Å². The highest BCUT2D eigenvalue weighted by Gasteiger charge is 2.51. The van der Waals surface area contributed by atoms with E-state index in [9.17, 15) is 53.4 Å². The number of carbonyl (C=O) groups is 1. The predicted molar refractivity (Wildman–Crippen MR) is 157 cm³/mol. The molecule has 2 saturated heterocycles. The van der Waals surface area contributed by atoms with Gasteiger partial charge in [-0.25, -0.2) is 28.6 Å². The van der Waals surface area contributed by atoms with Gasteiger partial charge < -0.3 is 50.1 Å². The van der Waals surface area contributed by atoms with Crippen LogP contribution in [-0.4, -0.2) is 115 Å². The number of aliphatic hydroxyl groups excluding tert-OH is 3. The molecule has 0 saturated carbocycles. The predicted octanol–water partition coefficient (Wildman–Crippen LogP) is -2.23. The molecule has 0 aromatic carbocycles. The van der Waals surface area contributed by atoms with E-state index in [0.29, 0.717) is 5.65 Å². The van der Waals surface area contributed by atoms with Crippen LogP contribution in [0.15, 0.2) is 49.6 Å². The normalized spacial score (nSPS) is 29.7. The smallest absolute Gasteiger partial charge is 0.387 e. The van der Waals surface area contributed by atoms with Crippen LogP contribution in [0.2, 0.25) is 0 Å². The van der Waals surface area contributed by atoms with Gasteiger partial charge >= 0.3 is 23.5 Å². The van der Waals surface area contributed by atoms with Crippen molar-refractivity contribution < 1.29 is 85.3 Å². The van der Waals surface area contributed by atoms with E-state index in [1.165, 1.54) is 52.5 Å². The Labute approximate surface area is 278 Å². The van der Waals surface area contributed by atoms with Crippen LogP contribution in [0.5, 0.6) is 0 Å². The van der Waals surface area contributed by atoms with E-state index in [4.69, 9.17) is 28.8 Å². The van der Waals surface area contributed by atoms with E-state index in [1.54, 1.807) is 10.6 Å². The lowest BCUT2D eigenvalue weighted by Gasteiger charge is -2.22. The average Bonchev–Trinajstić information content (AvgIpc) is 3.80. The molecule has 9 N–H and O–H groups in total. The van der Waals surface area contributed by atoms with Gasteiger partial charge in [0, 0.05) is 18.5 Å². The van der Waals surface area contributed by atoms with Gasteiger partial charge in [-0.1, -0.05) is 0 Å². The first kappa shape index (κ1) is 36.7. The highest BCUT2D eigenvalue weighted by Crippen LogP contribution is 2.61. The number of primary amides is 1. The summed E-state index contributed by atoms with van der Waals surface area (Å²) in [4.78, 5) is 63.3. The minimum atomic E-state index is -5.52. The Kier molecular flexibility index (Phi) is 10.1. The molecule has 0 spiro atoms. The van der Waals surface area contributed by atoms with Crippen LogP contribution < -0.4 is 10.3 Å². The van der Waals surface area contributed by atoms with E-state index >= 15 is 0 Å². The van der Waals surface area contributed by atoms with Gasteiger partial charge in [-0.2, -0.15) is 8.88 Å². The number of nitrogens with two attached hydrogens (primary N) is 1. The van der Waals surface area contributed by atoms with Gasteiger partial charge in [-0.3, -0.25) is 27.3 Å². The quantitative estimate of drug-likeness (QED) is 0.0527. The van der Waals surface area contributed by atoms with Crippen molar-refractivity contribution in [2.24, 2.45) is 5.73 Å². The summed E-state index contributed by atoms with van der Waals surface area (Å²) in [7, 11) is -16.3. The van der Waals surface area contributed by atoms with Crippen molar-refractivity contribution in [2.75, 3.05) is 13.2 Å². The van der Waals surface area contributed by atoms with Crippen LogP contribution in [0.25, 0.3) is 16.8 Å². The first-order valence-corrected chi connectivity index (χ1v) is 18.6. The molecule has 3 unspecified atom stereocenters. The average molecular weight is 768 g/mol. The number of fused-ring (bicyclic) bond motifs is 3. The second-order valence-corrected chi connectivity index (χ2v) is 15.1. The Bertz CT molecular complexity index is 2040. The largest absolute Gasteiger partial charge is 0.481 e. The summed E-state index contributed by atoms with van der Waals surface area (Å²) in [6.07, 6.45) is -4.83. The third kappa shape index (κ3) is 7.71. The van der Waals surface area contributed by atoms with Crippen molar-refractivity contribution in [2.45, 2.75) is 49.1 Å². The number of nitrogens with zero attached hydrogens (tertiary/aromatic N) is 6. The molecule has 4 aromatic heterocycles. The summed E-state index contributed by atoms with van der Waals surface area (Å²) >= 11 is 0. The summed E-state index contributed by atoms with van der Waals surface area (Å²) in [5, 5.41) is 31.7. The van der Waals surface area contributed by atoms with Crippen LogP contribution >= 0.6 is 23.5 Å². The van der Waals surface area contributed by atoms with E-state index in [2.05, 4.69) is 19.3 Å². The molecule has 10 atom stereocenters. The molecule has 2 fully saturated rings. The molecular weight excluding hydrogens is 739 g/mol. The fraction of sp³-hybridized carbons (Fsp3) is 0.435. The van der Waals surface area contributed by atoms with Crippen molar-refractivity contribution in [3.05, 3.63) is 55.1 Å². The molecule has 6 rings (SSSR count). The number of rotatable bonds is 13. The zero-order valence-electron chi connectivity index (χ0n) is 25.0. The molecule has 27 heteroatoms.